The molecule has 6 heteroatoms. The van der Waals surface area contributed by atoms with Gasteiger partial charge >= 0.3 is 5.97 Å². The van der Waals surface area contributed by atoms with Gasteiger partial charge in [0.1, 0.15) is 11.4 Å². The van der Waals surface area contributed by atoms with Gasteiger partial charge in [0, 0.05) is 12.6 Å². The molecule has 1 aliphatic heterocycles. The van der Waals surface area contributed by atoms with Crippen molar-refractivity contribution in [2.45, 2.75) is 12.5 Å². The highest BCUT2D eigenvalue weighted by atomic mass is 19.1. The van der Waals surface area contributed by atoms with Crippen molar-refractivity contribution in [3.8, 4) is 0 Å². The van der Waals surface area contributed by atoms with Crippen LogP contribution in [0.3, 0.4) is 0 Å². The van der Waals surface area contributed by atoms with Gasteiger partial charge in [0.05, 0.1) is 7.11 Å². The Balaban J connectivity index is 2.15. The van der Waals surface area contributed by atoms with Gasteiger partial charge in [0.15, 0.2) is 5.82 Å². The number of nitrogens with zero attached hydrogens (tertiary/aromatic N) is 2. The van der Waals surface area contributed by atoms with Gasteiger partial charge in [-0.1, -0.05) is 5.16 Å². The standard InChI is InChI=1S/C10H9FN2O3/c1-15-10(14)8-5-7(13-16-8)9-6(11)3-2-4-12-9/h2-4,8H,5H2,1H3. The van der Waals surface area contributed by atoms with Gasteiger partial charge in [-0.3, -0.25) is 4.98 Å². The number of aromatic nitrogens is 1. The van der Waals surface area contributed by atoms with Crippen LogP contribution in [0.2, 0.25) is 0 Å². The van der Waals surface area contributed by atoms with E-state index in [1.165, 1.54) is 25.4 Å². The molecule has 0 fully saturated rings. The fraction of sp³-hybridized carbons (Fsp3) is 0.300. The third-order valence-electron chi connectivity index (χ3n) is 2.16. The molecule has 0 aliphatic carbocycles. The molecular formula is C10H9FN2O3. The van der Waals surface area contributed by atoms with Gasteiger partial charge in [-0.2, -0.15) is 0 Å². The Morgan fingerprint density at radius 2 is 2.50 bits per heavy atom. The fourth-order valence-electron chi connectivity index (χ4n) is 1.37. The second-order valence-electron chi connectivity index (χ2n) is 3.19. The predicted octanol–water partition coefficient (Wildman–Crippen LogP) is 0.887. The second-order valence-corrected chi connectivity index (χ2v) is 3.19. The Hall–Kier alpha value is -1.98. The third kappa shape index (κ3) is 1.86. The van der Waals surface area contributed by atoms with E-state index in [1.54, 1.807) is 0 Å². The lowest BCUT2D eigenvalue weighted by atomic mass is 10.1. The van der Waals surface area contributed by atoms with Crippen LogP contribution in [-0.2, 0) is 14.4 Å². The topological polar surface area (TPSA) is 60.8 Å². The maximum Gasteiger partial charge on any atom is 0.350 e. The summed E-state index contributed by atoms with van der Waals surface area (Å²) in [5, 5.41) is 3.63. The maximum absolute atomic E-state index is 13.3. The number of oxime groups is 1. The minimum Gasteiger partial charge on any atom is -0.466 e. The van der Waals surface area contributed by atoms with Crippen molar-refractivity contribution in [2.75, 3.05) is 7.11 Å². The van der Waals surface area contributed by atoms with E-state index < -0.39 is 17.9 Å². The zero-order valence-corrected chi connectivity index (χ0v) is 8.51. The van der Waals surface area contributed by atoms with Crippen molar-refractivity contribution in [2.24, 2.45) is 5.16 Å². The average Bonchev–Trinajstić information content (AvgIpc) is 2.78. The first-order valence-corrected chi connectivity index (χ1v) is 4.63. The van der Waals surface area contributed by atoms with E-state index in [2.05, 4.69) is 14.9 Å². The first kappa shape index (κ1) is 10.5. The van der Waals surface area contributed by atoms with E-state index >= 15 is 0 Å². The minimum absolute atomic E-state index is 0.105. The van der Waals surface area contributed by atoms with Crippen molar-refractivity contribution in [1.29, 1.82) is 0 Å². The highest BCUT2D eigenvalue weighted by Crippen LogP contribution is 2.17. The molecule has 0 saturated carbocycles. The van der Waals surface area contributed by atoms with Gasteiger partial charge in [-0.25, -0.2) is 9.18 Å². The van der Waals surface area contributed by atoms with Crippen LogP contribution in [0.1, 0.15) is 12.1 Å². The number of halogens is 1. The zero-order valence-electron chi connectivity index (χ0n) is 8.51. The van der Waals surface area contributed by atoms with Gasteiger partial charge in [-0.05, 0) is 12.1 Å². The molecule has 16 heavy (non-hydrogen) atoms. The molecule has 2 heterocycles. The second kappa shape index (κ2) is 4.26. The first-order chi connectivity index (χ1) is 7.72. The van der Waals surface area contributed by atoms with Crippen LogP contribution in [-0.4, -0.2) is 29.9 Å². The van der Waals surface area contributed by atoms with Crippen LogP contribution in [0.4, 0.5) is 4.39 Å². The molecule has 0 radical (unpaired) electrons. The zero-order chi connectivity index (χ0) is 11.5. The molecule has 1 aliphatic rings. The molecule has 0 saturated heterocycles. The molecule has 0 aromatic carbocycles. The van der Waals surface area contributed by atoms with Crippen LogP contribution >= 0.6 is 0 Å². The molecule has 1 unspecified atom stereocenters. The largest absolute Gasteiger partial charge is 0.466 e. The molecule has 0 N–H and O–H groups in total. The lowest BCUT2D eigenvalue weighted by Crippen LogP contribution is -2.22. The van der Waals surface area contributed by atoms with Crippen molar-refractivity contribution in [1.82, 2.24) is 4.98 Å². The Morgan fingerprint density at radius 3 is 3.19 bits per heavy atom. The van der Waals surface area contributed by atoms with E-state index in [-0.39, 0.29) is 12.1 Å². The van der Waals surface area contributed by atoms with Crippen molar-refractivity contribution < 1.29 is 18.8 Å². The summed E-state index contributed by atoms with van der Waals surface area (Å²) >= 11 is 0. The van der Waals surface area contributed by atoms with Crippen LogP contribution in [0.5, 0.6) is 0 Å². The first-order valence-electron chi connectivity index (χ1n) is 4.63. The highest BCUT2D eigenvalue weighted by molar-refractivity contribution is 6.02. The summed E-state index contributed by atoms with van der Waals surface area (Å²) in [6.45, 7) is 0. The van der Waals surface area contributed by atoms with Crippen LogP contribution in [0.15, 0.2) is 23.5 Å². The van der Waals surface area contributed by atoms with Gasteiger partial charge in [0.2, 0.25) is 6.10 Å². The summed E-state index contributed by atoms with van der Waals surface area (Å²) in [5.41, 5.74) is 0.419. The Kier molecular flexibility index (Phi) is 2.80. The van der Waals surface area contributed by atoms with Crippen LogP contribution < -0.4 is 0 Å². The van der Waals surface area contributed by atoms with Crippen molar-refractivity contribution in [3.63, 3.8) is 0 Å². The monoisotopic (exact) mass is 224 g/mol. The average molecular weight is 224 g/mol. The summed E-state index contributed by atoms with van der Waals surface area (Å²) in [5.74, 6) is -1.02. The lowest BCUT2D eigenvalue weighted by Gasteiger charge is -2.03. The smallest absolute Gasteiger partial charge is 0.350 e. The van der Waals surface area contributed by atoms with E-state index in [0.717, 1.165) is 0 Å². The summed E-state index contributed by atoms with van der Waals surface area (Å²) in [6, 6.07) is 2.75. The highest BCUT2D eigenvalue weighted by Gasteiger charge is 2.31. The predicted molar refractivity (Wildman–Crippen MR) is 52.2 cm³/mol. The van der Waals surface area contributed by atoms with Gasteiger partial charge < -0.3 is 9.57 Å². The number of carbonyl (C=O) groups is 1. The number of hydrogen-bond donors (Lipinski definition) is 0. The number of pyridine rings is 1. The van der Waals surface area contributed by atoms with E-state index in [0.29, 0.717) is 5.71 Å². The molecule has 5 nitrogen and oxygen atoms in total. The summed E-state index contributed by atoms with van der Waals surface area (Å²) in [4.78, 5) is 19.8. The van der Waals surface area contributed by atoms with Crippen molar-refractivity contribution in [3.05, 3.63) is 29.8 Å². The SMILES string of the molecule is COC(=O)C1CC(c2ncccc2F)=NO1. The Labute approximate surface area is 90.9 Å². The molecule has 0 bridgehead atoms. The maximum atomic E-state index is 13.3. The molecule has 0 spiro atoms. The molecule has 1 aromatic rings. The molecule has 1 aromatic heterocycles. The summed E-state index contributed by atoms with van der Waals surface area (Å²) in [7, 11) is 1.25. The molecule has 1 atom stereocenters. The number of carbonyl (C=O) groups excluding carboxylic acids is 1. The lowest BCUT2D eigenvalue weighted by molar-refractivity contribution is -0.152. The number of rotatable bonds is 2. The number of hydrogen-bond acceptors (Lipinski definition) is 5. The third-order valence-corrected chi connectivity index (χ3v) is 2.16. The molecule has 2 rings (SSSR count). The fourth-order valence-corrected chi connectivity index (χ4v) is 1.37. The molecule has 0 amide bonds. The van der Waals surface area contributed by atoms with E-state index in [4.69, 9.17) is 4.84 Å². The van der Waals surface area contributed by atoms with Crippen LogP contribution in [0, 0.1) is 5.82 Å². The Bertz CT molecular complexity index is 447. The molecular weight excluding hydrogens is 215 g/mol. The van der Waals surface area contributed by atoms with Crippen LogP contribution in [0.25, 0.3) is 0 Å². The van der Waals surface area contributed by atoms with Crippen molar-refractivity contribution >= 4 is 11.7 Å². The molecule has 84 valence electrons. The number of esters is 1. The van der Waals surface area contributed by atoms with E-state index in [9.17, 15) is 9.18 Å². The van der Waals surface area contributed by atoms with Gasteiger partial charge in [0.25, 0.3) is 0 Å². The minimum atomic E-state index is -0.804. The Morgan fingerprint density at radius 1 is 1.69 bits per heavy atom. The summed E-state index contributed by atoms with van der Waals surface area (Å²) < 4.78 is 17.8. The van der Waals surface area contributed by atoms with E-state index in [1.807, 2.05) is 0 Å². The number of ether oxygens (including phenoxy) is 1. The quantitative estimate of drug-likeness (QED) is 0.700. The number of methoxy groups -OCH3 is 1. The van der Waals surface area contributed by atoms with Gasteiger partial charge in [-0.15, -0.1) is 0 Å². The normalized spacial score (nSPS) is 18.9. The summed E-state index contributed by atoms with van der Waals surface area (Å²) in [6.07, 6.45) is 0.814.